The largest absolute Gasteiger partial charge is 0.480 e. The van der Waals surface area contributed by atoms with E-state index in [4.69, 9.17) is 9.72 Å². The van der Waals surface area contributed by atoms with E-state index in [0.29, 0.717) is 17.5 Å². The van der Waals surface area contributed by atoms with Gasteiger partial charge in [-0.05, 0) is 50.3 Å². The minimum atomic E-state index is -0.146. The maximum Gasteiger partial charge on any atom is 0.228 e. The van der Waals surface area contributed by atoms with E-state index >= 15 is 0 Å². The number of hydrogen-bond donors (Lipinski definition) is 3. The number of fused-ring (bicyclic) bond motifs is 2. The number of nitrogens with zero attached hydrogens (tertiary/aromatic N) is 5. The summed E-state index contributed by atoms with van der Waals surface area (Å²) >= 11 is 0. The van der Waals surface area contributed by atoms with Crippen molar-refractivity contribution in [2.24, 2.45) is 0 Å². The van der Waals surface area contributed by atoms with Crippen LogP contribution >= 0.6 is 0 Å². The van der Waals surface area contributed by atoms with Gasteiger partial charge >= 0.3 is 0 Å². The van der Waals surface area contributed by atoms with Gasteiger partial charge in [-0.1, -0.05) is 0 Å². The Labute approximate surface area is 184 Å². The molecule has 5 rings (SSSR count). The Hall–Kier alpha value is -3.69. The fourth-order valence-electron chi connectivity index (χ4n) is 4.55. The van der Waals surface area contributed by atoms with Crippen LogP contribution in [0.15, 0.2) is 30.9 Å². The Bertz CT molecular complexity index is 1290. The van der Waals surface area contributed by atoms with Gasteiger partial charge in [0.2, 0.25) is 17.7 Å². The van der Waals surface area contributed by atoms with Crippen LogP contribution in [0.3, 0.4) is 0 Å². The minimum absolute atomic E-state index is 0.0168. The van der Waals surface area contributed by atoms with Crippen LogP contribution in [-0.2, 0) is 4.79 Å². The Morgan fingerprint density at radius 2 is 2.12 bits per heavy atom. The van der Waals surface area contributed by atoms with E-state index in [1.165, 1.54) is 6.33 Å². The van der Waals surface area contributed by atoms with Crippen LogP contribution < -0.4 is 15.4 Å². The molecule has 1 saturated carbocycles. The summed E-state index contributed by atoms with van der Waals surface area (Å²) in [5, 5.41) is 11.5. The number of aromatic nitrogens is 6. The molecule has 32 heavy (non-hydrogen) atoms. The summed E-state index contributed by atoms with van der Waals surface area (Å²) in [7, 11) is 1.61. The van der Waals surface area contributed by atoms with Gasteiger partial charge < -0.3 is 20.4 Å². The number of ether oxygens (including phenoxy) is 1. The second-order valence-corrected chi connectivity index (χ2v) is 8.62. The zero-order valence-electron chi connectivity index (χ0n) is 18.3. The Morgan fingerprint density at radius 3 is 2.88 bits per heavy atom. The molecular formula is C22H26N8O2. The monoisotopic (exact) mass is 434 g/mol. The van der Waals surface area contributed by atoms with Crippen molar-refractivity contribution in [1.82, 2.24) is 34.9 Å². The van der Waals surface area contributed by atoms with E-state index in [0.717, 1.165) is 47.8 Å². The van der Waals surface area contributed by atoms with Crippen LogP contribution in [0.5, 0.6) is 5.88 Å². The second-order valence-electron chi connectivity index (χ2n) is 8.62. The molecule has 1 fully saturated rings. The number of carbonyl (C=O) groups is 1. The molecule has 0 saturated heterocycles. The summed E-state index contributed by atoms with van der Waals surface area (Å²) in [4.78, 5) is 28.3. The highest BCUT2D eigenvalue weighted by molar-refractivity contribution is 5.98. The standard InChI is InChI=1S/C22H26N8O2/c1-13(31)29-22(2)7-4-15(5-8-22)26-21-27-19-18(20(28-21)32-3)16(11-23-19)14-6-9-30-17(10-14)24-12-25-30/h6,9-12,15H,4-5,7-8H2,1-3H3,(H,29,31)(H2,23,26,27,28). The van der Waals surface area contributed by atoms with Crippen molar-refractivity contribution >= 4 is 28.5 Å². The fraction of sp³-hybridized carbons (Fsp3) is 0.409. The number of hydrogen-bond acceptors (Lipinski definition) is 7. The number of aromatic amines is 1. The molecule has 4 heterocycles. The molecule has 1 aliphatic rings. The Balaban J connectivity index is 1.40. The molecule has 0 atom stereocenters. The maximum absolute atomic E-state index is 11.5. The zero-order valence-corrected chi connectivity index (χ0v) is 18.3. The van der Waals surface area contributed by atoms with Gasteiger partial charge in [0.05, 0.1) is 12.5 Å². The van der Waals surface area contributed by atoms with Crippen molar-refractivity contribution in [2.75, 3.05) is 12.4 Å². The number of pyridine rings is 1. The third kappa shape index (κ3) is 3.72. The number of nitrogens with one attached hydrogen (secondary N) is 3. The highest BCUT2D eigenvalue weighted by Gasteiger charge is 2.32. The van der Waals surface area contributed by atoms with Crippen LogP contribution in [0.2, 0.25) is 0 Å². The first-order valence-corrected chi connectivity index (χ1v) is 10.7. The molecular weight excluding hydrogens is 408 g/mol. The van der Waals surface area contributed by atoms with Crippen molar-refractivity contribution in [2.45, 2.75) is 51.1 Å². The van der Waals surface area contributed by atoms with Crippen molar-refractivity contribution in [3.8, 4) is 17.0 Å². The average Bonchev–Trinajstić information content (AvgIpc) is 3.40. The van der Waals surface area contributed by atoms with Gasteiger partial charge in [0.15, 0.2) is 5.65 Å². The molecule has 0 bridgehead atoms. The number of carbonyl (C=O) groups excluding carboxylic acids is 1. The quantitative estimate of drug-likeness (QED) is 0.441. The lowest BCUT2D eigenvalue weighted by Crippen LogP contribution is -2.49. The molecule has 4 aromatic rings. The molecule has 0 radical (unpaired) electrons. The lowest BCUT2D eigenvalue weighted by atomic mass is 9.81. The van der Waals surface area contributed by atoms with Gasteiger partial charge in [-0.2, -0.15) is 15.1 Å². The summed E-state index contributed by atoms with van der Waals surface area (Å²) in [5.41, 5.74) is 3.24. The minimum Gasteiger partial charge on any atom is -0.480 e. The average molecular weight is 435 g/mol. The Kier molecular flexibility index (Phi) is 4.91. The van der Waals surface area contributed by atoms with E-state index in [9.17, 15) is 4.79 Å². The molecule has 10 heteroatoms. The van der Waals surface area contributed by atoms with Gasteiger partial charge in [0.25, 0.3) is 0 Å². The summed E-state index contributed by atoms with van der Waals surface area (Å²) < 4.78 is 7.35. The predicted molar refractivity (Wildman–Crippen MR) is 121 cm³/mol. The Morgan fingerprint density at radius 1 is 1.31 bits per heavy atom. The zero-order chi connectivity index (χ0) is 22.3. The molecule has 10 nitrogen and oxygen atoms in total. The highest BCUT2D eigenvalue weighted by atomic mass is 16.5. The molecule has 3 N–H and O–H groups in total. The fourth-order valence-corrected chi connectivity index (χ4v) is 4.55. The number of H-pyrrole nitrogens is 1. The number of amides is 1. The normalized spacial score (nSPS) is 21.0. The first kappa shape index (κ1) is 20.2. The van der Waals surface area contributed by atoms with Gasteiger partial charge in [-0.15, -0.1) is 0 Å². The van der Waals surface area contributed by atoms with E-state index in [1.807, 2.05) is 24.5 Å². The lowest BCUT2D eigenvalue weighted by Gasteiger charge is -2.38. The molecule has 0 unspecified atom stereocenters. The predicted octanol–water partition coefficient (Wildman–Crippen LogP) is 2.93. The summed E-state index contributed by atoms with van der Waals surface area (Å²) in [6.07, 6.45) is 8.97. The number of methoxy groups -OCH3 is 1. The van der Waals surface area contributed by atoms with Crippen LogP contribution in [0, 0.1) is 0 Å². The molecule has 166 valence electrons. The van der Waals surface area contributed by atoms with E-state index in [-0.39, 0.29) is 17.5 Å². The van der Waals surface area contributed by atoms with Gasteiger partial charge in [0, 0.05) is 36.5 Å². The molecule has 0 spiro atoms. The lowest BCUT2D eigenvalue weighted by molar-refractivity contribution is -0.121. The molecule has 1 amide bonds. The van der Waals surface area contributed by atoms with Crippen molar-refractivity contribution < 1.29 is 9.53 Å². The molecule has 0 aliphatic heterocycles. The van der Waals surface area contributed by atoms with E-state index in [1.54, 1.807) is 18.5 Å². The van der Waals surface area contributed by atoms with E-state index < -0.39 is 0 Å². The van der Waals surface area contributed by atoms with Gasteiger partial charge in [-0.25, -0.2) is 9.50 Å². The van der Waals surface area contributed by atoms with Gasteiger partial charge in [-0.3, -0.25) is 4.79 Å². The SMILES string of the molecule is COc1nc(NC2CCC(C)(NC(C)=O)CC2)nc2[nH]cc(-c3ccn4ncnc4c3)c12. The third-order valence-corrected chi connectivity index (χ3v) is 6.18. The summed E-state index contributed by atoms with van der Waals surface area (Å²) in [6.45, 7) is 3.67. The summed E-state index contributed by atoms with van der Waals surface area (Å²) in [6, 6.07) is 4.18. The molecule has 1 aliphatic carbocycles. The van der Waals surface area contributed by atoms with Crippen LogP contribution in [-0.4, -0.2) is 54.1 Å². The van der Waals surface area contributed by atoms with E-state index in [2.05, 4.69) is 37.6 Å². The first-order valence-electron chi connectivity index (χ1n) is 10.7. The summed E-state index contributed by atoms with van der Waals surface area (Å²) in [5.74, 6) is 1.06. The number of rotatable bonds is 5. The van der Waals surface area contributed by atoms with Crippen LogP contribution in [0.25, 0.3) is 27.8 Å². The van der Waals surface area contributed by atoms with Gasteiger partial charge in [0.1, 0.15) is 12.0 Å². The highest BCUT2D eigenvalue weighted by Crippen LogP contribution is 2.35. The van der Waals surface area contributed by atoms with Crippen molar-refractivity contribution in [3.63, 3.8) is 0 Å². The smallest absolute Gasteiger partial charge is 0.228 e. The van der Waals surface area contributed by atoms with Crippen LogP contribution in [0.4, 0.5) is 5.95 Å². The third-order valence-electron chi connectivity index (χ3n) is 6.18. The molecule has 0 aromatic carbocycles. The topological polar surface area (TPSA) is 122 Å². The van der Waals surface area contributed by atoms with Crippen molar-refractivity contribution in [1.29, 1.82) is 0 Å². The maximum atomic E-state index is 11.5. The molecule has 4 aromatic heterocycles. The van der Waals surface area contributed by atoms with Crippen molar-refractivity contribution in [3.05, 3.63) is 30.9 Å². The first-order chi connectivity index (χ1) is 15.4. The number of anilines is 1. The second kappa shape index (κ2) is 7.77. The van der Waals surface area contributed by atoms with Crippen LogP contribution in [0.1, 0.15) is 39.5 Å².